The minimum absolute atomic E-state index is 0.310. The van der Waals surface area contributed by atoms with Gasteiger partial charge in [0, 0.05) is 31.1 Å². The van der Waals surface area contributed by atoms with Crippen LogP contribution in [0.15, 0.2) is 66.7 Å². The SMILES string of the molecule is Cc1nc(N2CCN([C@H](C(N)=O)c3ccccc3)CC2)c2cc(-c3ccccc3)sc2n1. The molecule has 0 aliphatic carbocycles. The minimum atomic E-state index is -0.406. The number of piperazine rings is 1. The Kier molecular flexibility index (Phi) is 5.59. The van der Waals surface area contributed by atoms with Gasteiger partial charge in [-0.25, -0.2) is 9.97 Å². The molecule has 1 atom stereocenters. The van der Waals surface area contributed by atoms with E-state index in [2.05, 4.69) is 40.1 Å². The van der Waals surface area contributed by atoms with Crippen molar-refractivity contribution in [3.05, 3.63) is 78.1 Å². The van der Waals surface area contributed by atoms with E-state index < -0.39 is 6.04 Å². The lowest BCUT2D eigenvalue weighted by molar-refractivity contribution is -0.123. The van der Waals surface area contributed by atoms with Crippen molar-refractivity contribution < 1.29 is 4.79 Å². The fourth-order valence-electron chi connectivity index (χ4n) is 4.38. The molecule has 1 aliphatic rings. The summed E-state index contributed by atoms with van der Waals surface area (Å²) in [5.74, 6) is 1.44. The lowest BCUT2D eigenvalue weighted by atomic mass is 10.0. The predicted octanol–water partition coefficient (Wildman–Crippen LogP) is 4.02. The van der Waals surface area contributed by atoms with Gasteiger partial charge in [-0.2, -0.15) is 0 Å². The quantitative estimate of drug-likeness (QED) is 0.504. The summed E-state index contributed by atoms with van der Waals surface area (Å²) in [7, 11) is 0. The monoisotopic (exact) mass is 443 g/mol. The summed E-state index contributed by atoms with van der Waals surface area (Å²) in [6.07, 6.45) is 0. The standard InChI is InChI=1S/C25H25N5OS/c1-17-27-24(20-16-21(32-25(20)28-17)18-8-4-2-5-9-18)30-14-12-29(13-15-30)22(23(26)31)19-10-6-3-7-11-19/h2-11,16,22H,12-15H2,1H3,(H2,26,31)/t22-/m0/s1. The van der Waals surface area contributed by atoms with E-state index in [1.807, 2.05) is 43.3 Å². The van der Waals surface area contributed by atoms with Gasteiger partial charge in [0.15, 0.2) is 0 Å². The first kappa shape index (κ1) is 20.6. The molecule has 7 heteroatoms. The van der Waals surface area contributed by atoms with E-state index in [1.54, 1.807) is 11.3 Å². The largest absolute Gasteiger partial charge is 0.368 e. The number of benzene rings is 2. The Morgan fingerprint density at radius 1 is 0.969 bits per heavy atom. The number of nitrogens with zero attached hydrogens (tertiary/aromatic N) is 4. The van der Waals surface area contributed by atoms with Gasteiger partial charge < -0.3 is 10.6 Å². The number of thiophene rings is 1. The summed E-state index contributed by atoms with van der Waals surface area (Å²) in [4.78, 5) is 28.4. The molecule has 5 rings (SSSR count). The van der Waals surface area contributed by atoms with Crippen molar-refractivity contribution in [2.75, 3.05) is 31.1 Å². The van der Waals surface area contributed by atoms with Crippen molar-refractivity contribution in [1.82, 2.24) is 14.9 Å². The van der Waals surface area contributed by atoms with E-state index in [4.69, 9.17) is 15.7 Å². The number of aryl methyl sites for hydroxylation is 1. The van der Waals surface area contributed by atoms with Crippen molar-refractivity contribution >= 4 is 33.3 Å². The first-order valence-corrected chi connectivity index (χ1v) is 11.6. The van der Waals surface area contributed by atoms with E-state index in [-0.39, 0.29) is 5.91 Å². The van der Waals surface area contributed by atoms with Crippen molar-refractivity contribution in [3.63, 3.8) is 0 Å². The Morgan fingerprint density at radius 3 is 2.28 bits per heavy atom. The topological polar surface area (TPSA) is 75.3 Å². The van der Waals surface area contributed by atoms with E-state index in [0.717, 1.165) is 53.6 Å². The van der Waals surface area contributed by atoms with E-state index >= 15 is 0 Å². The number of hydrogen-bond donors (Lipinski definition) is 1. The highest BCUT2D eigenvalue weighted by Crippen LogP contribution is 2.37. The van der Waals surface area contributed by atoms with Crippen LogP contribution in [-0.2, 0) is 4.79 Å². The van der Waals surface area contributed by atoms with Crippen LogP contribution in [0.2, 0.25) is 0 Å². The molecular formula is C25H25N5OS. The third-order valence-corrected chi connectivity index (χ3v) is 6.98. The number of fused-ring (bicyclic) bond motifs is 1. The molecule has 1 amide bonds. The molecule has 3 heterocycles. The van der Waals surface area contributed by atoms with Crippen molar-refractivity contribution in [2.24, 2.45) is 5.73 Å². The van der Waals surface area contributed by atoms with Gasteiger partial charge >= 0.3 is 0 Å². The molecule has 2 aromatic heterocycles. The number of carbonyl (C=O) groups excluding carboxylic acids is 1. The zero-order valence-corrected chi connectivity index (χ0v) is 18.8. The number of nitrogens with two attached hydrogens (primary N) is 1. The maximum atomic E-state index is 12.3. The second-order valence-electron chi connectivity index (χ2n) is 8.03. The number of carbonyl (C=O) groups is 1. The Balaban J connectivity index is 1.41. The second-order valence-corrected chi connectivity index (χ2v) is 9.06. The zero-order valence-electron chi connectivity index (χ0n) is 17.9. The molecule has 0 unspecified atom stereocenters. The molecule has 1 saturated heterocycles. The lowest BCUT2D eigenvalue weighted by Crippen LogP contribution is -2.50. The molecule has 162 valence electrons. The number of anilines is 1. The predicted molar refractivity (Wildman–Crippen MR) is 130 cm³/mol. The molecule has 1 fully saturated rings. The molecule has 0 spiro atoms. The van der Waals surface area contributed by atoms with Gasteiger partial charge in [0.2, 0.25) is 5.91 Å². The van der Waals surface area contributed by atoms with Crippen LogP contribution >= 0.6 is 11.3 Å². The third kappa shape index (κ3) is 3.97. The number of hydrogen-bond acceptors (Lipinski definition) is 6. The first-order chi connectivity index (χ1) is 15.6. The van der Waals surface area contributed by atoms with Crippen LogP contribution in [0.4, 0.5) is 5.82 Å². The Hall–Kier alpha value is -3.29. The van der Waals surface area contributed by atoms with Gasteiger partial charge in [-0.05, 0) is 24.1 Å². The second kappa shape index (κ2) is 8.68. The van der Waals surface area contributed by atoms with E-state index in [1.165, 1.54) is 10.4 Å². The maximum Gasteiger partial charge on any atom is 0.239 e. The molecule has 0 saturated carbocycles. The Labute approximate surface area is 191 Å². The van der Waals surface area contributed by atoms with Crippen LogP contribution in [-0.4, -0.2) is 47.0 Å². The van der Waals surface area contributed by atoms with Crippen LogP contribution < -0.4 is 10.6 Å². The third-order valence-electron chi connectivity index (χ3n) is 5.91. The molecular weight excluding hydrogens is 418 g/mol. The smallest absolute Gasteiger partial charge is 0.239 e. The van der Waals surface area contributed by atoms with Crippen LogP contribution in [0.5, 0.6) is 0 Å². The number of rotatable bonds is 5. The average Bonchev–Trinajstić information content (AvgIpc) is 3.24. The van der Waals surface area contributed by atoms with Gasteiger partial charge in [-0.3, -0.25) is 9.69 Å². The highest BCUT2D eigenvalue weighted by Gasteiger charge is 2.30. The van der Waals surface area contributed by atoms with Gasteiger partial charge in [-0.15, -0.1) is 11.3 Å². The van der Waals surface area contributed by atoms with Gasteiger partial charge in [0.25, 0.3) is 0 Å². The normalized spacial score (nSPS) is 15.7. The first-order valence-electron chi connectivity index (χ1n) is 10.8. The van der Waals surface area contributed by atoms with Crippen LogP contribution in [0.3, 0.4) is 0 Å². The Morgan fingerprint density at radius 2 is 1.62 bits per heavy atom. The molecule has 0 radical (unpaired) electrons. The summed E-state index contributed by atoms with van der Waals surface area (Å²) >= 11 is 1.70. The average molecular weight is 444 g/mol. The van der Waals surface area contributed by atoms with Crippen LogP contribution in [0.1, 0.15) is 17.4 Å². The summed E-state index contributed by atoms with van der Waals surface area (Å²) in [5.41, 5.74) is 7.92. The summed E-state index contributed by atoms with van der Waals surface area (Å²) in [5, 5.41) is 1.09. The zero-order chi connectivity index (χ0) is 22.1. The Bertz CT molecular complexity index is 1230. The summed E-state index contributed by atoms with van der Waals surface area (Å²) in [6.45, 7) is 4.97. The number of primary amides is 1. The molecule has 2 aromatic carbocycles. The minimum Gasteiger partial charge on any atom is -0.368 e. The molecule has 32 heavy (non-hydrogen) atoms. The summed E-state index contributed by atoms with van der Waals surface area (Å²) < 4.78 is 0. The fraction of sp³-hybridized carbons (Fsp3) is 0.240. The molecule has 1 aliphatic heterocycles. The molecule has 4 aromatic rings. The number of aromatic nitrogens is 2. The van der Waals surface area contributed by atoms with E-state index in [0.29, 0.717) is 0 Å². The molecule has 6 nitrogen and oxygen atoms in total. The fourth-order valence-corrected chi connectivity index (χ4v) is 5.46. The molecule has 0 bridgehead atoms. The van der Waals surface area contributed by atoms with Crippen molar-refractivity contribution in [3.8, 4) is 10.4 Å². The van der Waals surface area contributed by atoms with Crippen molar-refractivity contribution in [1.29, 1.82) is 0 Å². The van der Waals surface area contributed by atoms with Gasteiger partial charge in [0.05, 0.1) is 5.39 Å². The van der Waals surface area contributed by atoms with Crippen molar-refractivity contribution in [2.45, 2.75) is 13.0 Å². The van der Waals surface area contributed by atoms with E-state index in [9.17, 15) is 4.79 Å². The summed E-state index contributed by atoms with van der Waals surface area (Å²) in [6, 6.07) is 22.0. The maximum absolute atomic E-state index is 12.3. The van der Waals surface area contributed by atoms with Crippen LogP contribution in [0.25, 0.3) is 20.7 Å². The lowest BCUT2D eigenvalue weighted by Gasteiger charge is -2.39. The highest BCUT2D eigenvalue weighted by atomic mass is 32.1. The van der Waals surface area contributed by atoms with Gasteiger partial charge in [0.1, 0.15) is 22.5 Å². The van der Waals surface area contributed by atoms with Crippen LogP contribution in [0, 0.1) is 6.92 Å². The molecule has 2 N–H and O–H groups in total. The number of amides is 1. The highest BCUT2D eigenvalue weighted by molar-refractivity contribution is 7.21. The van der Waals surface area contributed by atoms with Gasteiger partial charge in [-0.1, -0.05) is 60.7 Å².